The number of aliphatic imine (C=N–C) groups is 1. The lowest BCUT2D eigenvalue weighted by atomic mass is 9.94. The Labute approximate surface area is 171 Å². The van der Waals surface area contributed by atoms with Gasteiger partial charge in [-0.15, -0.1) is 24.0 Å². The molecule has 0 spiro atoms. The van der Waals surface area contributed by atoms with E-state index in [0.717, 1.165) is 51.2 Å². The van der Waals surface area contributed by atoms with E-state index in [4.69, 9.17) is 9.47 Å². The Morgan fingerprint density at radius 1 is 1.12 bits per heavy atom. The summed E-state index contributed by atoms with van der Waals surface area (Å²) in [5, 5.41) is 6.74. The summed E-state index contributed by atoms with van der Waals surface area (Å²) in [7, 11) is 3.94. The van der Waals surface area contributed by atoms with E-state index < -0.39 is 0 Å². The molecule has 0 aliphatic heterocycles. The summed E-state index contributed by atoms with van der Waals surface area (Å²) >= 11 is 0. The first-order valence-electron chi connectivity index (χ1n) is 9.57. The lowest BCUT2D eigenvalue weighted by Gasteiger charge is -2.31. The van der Waals surface area contributed by atoms with Crippen molar-refractivity contribution in [3.8, 4) is 0 Å². The molecule has 7 heteroatoms. The largest absolute Gasteiger partial charge is 0.382 e. The van der Waals surface area contributed by atoms with Crippen molar-refractivity contribution in [1.29, 1.82) is 0 Å². The van der Waals surface area contributed by atoms with Crippen LogP contribution in [0.15, 0.2) is 4.99 Å². The lowest BCUT2D eigenvalue weighted by molar-refractivity contribution is 0.0702. The van der Waals surface area contributed by atoms with Crippen molar-refractivity contribution in [3.05, 3.63) is 0 Å². The number of rotatable bonds is 12. The number of likely N-dealkylation sites (N-methyl/N-ethyl adjacent to an activating group) is 1. The number of nitrogens with one attached hydrogen (secondary N) is 2. The first kappa shape index (κ1) is 24.9. The Bertz CT molecular complexity index is 326. The van der Waals surface area contributed by atoms with Gasteiger partial charge in [0, 0.05) is 45.9 Å². The lowest BCUT2D eigenvalue weighted by Crippen LogP contribution is -2.43. The van der Waals surface area contributed by atoms with Gasteiger partial charge in [-0.25, -0.2) is 0 Å². The van der Waals surface area contributed by atoms with Gasteiger partial charge in [-0.05, 0) is 33.2 Å². The van der Waals surface area contributed by atoms with E-state index in [9.17, 15) is 0 Å². The fraction of sp³-hybridized carbons (Fsp3) is 0.944. The Balaban J connectivity index is 0.00000576. The van der Waals surface area contributed by atoms with Gasteiger partial charge in [0.15, 0.2) is 5.96 Å². The molecule has 0 saturated heterocycles. The second-order valence-electron chi connectivity index (χ2n) is 6.42. The zero-order valence-corrected chi connectivity index (χ0v) is 18.7. The zero-order chi connectivity index (χ0) is 17.5. The second kappa shape index (κ2) is 17.3. The first-order valence-corrected chi connectivity index (χ1v) is 9.57. The molecule has 0 aromatic rings. The van der Waals surface area contributed by atoms with E-state index in [2.05, 4.69) is 34.5 Å². The van der Waals surface area contributed by atoms with Gasteiger partial charge < -0.3 is 25.0 Å². The molecule has 2 N–H and O–H groups in total. The Morgan fingerprint density at radius 2 is 1.88 bits per heavy atom. The summed E-state index contributed by atoms with van der Waals surface area (Å²) in [5.74, 6) is 0.909. The molecule has 0 unspecified atom stereocenters. The molecule has 0 radical (unpaired) electrons. The normalized spacial score (nSPS) is 15.9. The molecule has 6 nitrogen and oxygen atoms in total. The average molecular weight is 470 g/mol. The van der Waals surface area contributed by atoms with E-state index in [1.165, 1.54) is 32.1 Å². The van der Waals surface area contributed by atoms with Gasteiger partial charge in [-0.1, -0.05) is 19.3 Å². The minimum atomic E-state index is 0. The highest BCUT2D eigenvalue weighted by Crippen LogP contribution is 2.21. The maximum absolute atomic E-state index is 5.45. The number of ether oxygens (including phenoxy) is 2. The highest BCUT2D eigenvalue weighted by Gasteiger charge is 2.17. The number of halogens is 1. The van der Waals surface area contributed by atoms with Crippen LogP contribution in [0.25, 0.3) is 0 Å². The molecule has 25 heavy (non-hydrogen) atoms. The molecule has 1 fully saturated rings. The van der Waals surface area contributed by atoms with E-state index in [1.807, 2.05) is 0 Å². The summed E-state index contributed by atoms with van der Waals surface area (Å²) < 4.78 is 10.4. The van der Waals surface area contributed by atoms with Crippen LogP contribution in [0.1, 0.15) is 45.4 Å². The molecule has 0 amide bonds. The fourth-order valence-electron chi connectivity index (χ4n) is 3.00. The number of hydrogen-bond acceptors (Lipinski definition) is 4. The highest BCUT2D eigenvalue weighted by atomic mass is 127. The van der Waals surface area contributed by atoms with Gasteiger partial charge in [-0.3, -0.25) is 4.99 Å². The van der Waals surface area contributed by atoms with Crippen molar-refractivity contribution in [2.45, 2.75) is 51.5 Å². The molecular weight excluding hydrogens is 431 g/mol. The minimum Gasteiger partial charge on any atom is -0.382 e. The van der Waals surface area contributed by atoms with Gasteiger partial charge in [0.05, 0.1) is 13.2 Å². The summed E-state index contributed by atoms with van der Waals surface area (Å²) in [5.41, 5.74) is 0. The van der Waals surface area contributed by atoms with Crippen LogP contribution in [-0.2, 0) is 9.47 Å². The number of guanidine groups is 1. The van der Waals surface area contributed by atoms with E-state index in [0.29, 0.717) is 13.2 Å². The number of nitrogens with zero attached hydrogens (tertiary/aromatic N) is 2. The zero-order valence-electron chi connectivity index (χ0n) is 16.4. The number of hydrogen-bond donors (Lipinski definition) is 2. The fourth-order valence-corrected chi connectivity index (χ4v) is 3.00. The smallest absolute Gasteiger partial charge is 0.191 e. The van der Waals surface area contributed by atoms with Gasteiger partial charge >= 0.3 is 0 Å². The maximum atomic E-state index is 5.45. The molecule has 1 saturated carbocycles. The Hall–Kier alpha value is -0.120. The summed E-state index contributed by atoms with van der Waals surface area (Å²) in [6.07, 6.45) is 7.83. The highest BCUT2D eigenvalue weighted by molar-refractivity contribution is 14.0. The van der Waals surface area contributed by atoms with Crippen molar-refractivity contribution in [1.82, 2.24) is 15.5 Å². The van der Waals surface area contributed by atoms with Gasteiger partial charge in [0.2, 0.25) is 0 Å². The quantitative estimate of drug-likeness (QED) is 0.199. The van der Waals surface area contributed by atoms with Crippen LogP contribution in [0, 0.1) is 0 Å². The van der Waals surface area contributed by atoms with Crippen molar-refractivity contribution in [2.24, 2.45) is 4.99 Å². The van der Waals surface area contributed by atoms with Crippen LogP contribution < -0.4 is 10.6 Å². The molecule has 0 bridgehead atoms. The third-order valence-corrected chi connectivity index (χ3v) is 4.45. The van der Waals surface area contributed by atoms with Crippen LogP contribution in [0.2, 0.25) is 0 Å². The summed E-state index contributed by atoms with van der Waals surface area (Å²) in [6, 6.07) is 0.768. The van der Waals surface area contributed by atoms with Crippen LogP contribution >= 0.6 is 24.0 Å². The molecule has 150 valence electrons. The predicted molar refractivity (Wildman–Crippen MR) is 116 cm³/mol. The van der Waals surface area contributed by atoms with E-state index in [-0.39, 0.29) is 24.0 Å². The van der Waals surface area contributed by atoms with Gasteiger partial charge in [0.1, 0.15) is 0 Å². The van der Waals surface area contributed by atoms with Crippen LogP contribution in [0.5, 0.6) is 0 Å². The standard InChI is InChI=1S/C18H38N4O2.HI/c1-4-19-18(20-11-8-14-24-16-15-23-3)21-12-13-22(2)17-9-6-5-7-10-17;/h17H,4-16H2,1-3H3,(H2,19,20,21);1H. The molecule has 0 aromatic carbocycles. The molecular formula is C18H39IN4O2. The Kier molecular flexibility index (Phi) is 17.2. The molecule has 1 aliphatic carbocycles. The summed E-state index contributed by atoms with van der Waals surface area (Å²) in [4.78, 5) is 7.10. The van der Waals surface area contributed by atoms with Crippen molar-refractivity contribution >= 4 is 29.9 Å². The predicted octanol–water partition coefficient (Wildman–Crippen LogP) is 2.48. The molecule has 0 heterocycles. The minimum absolute atomic E-state index is 0. The van der Waals surface area contributed by atoms with Crippen molar-refractivity contribution < 1.29 is 9.47 Å². The molecule has 1 aliphatic rings. The third kappa shape index (κ3) is 12.8. The third-order valence-electron chi connectivity index (χ3n) is 4.45. The monoisotopic (exact) mass is 470 g/mol. The molecule has 0 aromatic heterocycles. The Morgan fingerprint density at radius 3 is 2.56 bits per heavy atom. The van der Waals surface area contributed by atoms with Gasteiger partial charge in [0.25, 0.3) is 0 Å². The number of methoxy groups -OCH3 is 1. The van der Waals surface area contributed by atoms with Crippen LogP contribution in [0.4, 0.5) is 0 Å². The van der Waals surface area contributed by atoms with Gasteiger partial charge in [-0.2, -0.15) is 0 Å². The molecule has 0 atom stereocenters. The summed E-state index contributed by atoms with van der Waals surface area (Å²) in [6.45, 7) is 7.80. The van der Waals surface area contributed by atoms with Crippen LogP contribution in [0.3, 0.4) is 0 Å². The van der Waals surface area contributed by atoms with Crippen molar-refractivity contribution in [2.75, 3.05) is 60.2 Å². The molecule has 1 rings (SSSR count). The SMILES string of the molecule is CCNC(=NCCCOCCOC)NCCN(C)C1CCCCC1.I. The van der Waals surface area contributed by atoms with Crippen LogP contribution in [-0.4, -0.2) is 77.1 Å². The first-order chi connectivity index (χ1) is 11.8. The van der Waals surface area contributed by atoms with Crippen molar-refractivity contribution in [3.63, 3.8) is 0 Å². The maximum Gasteiger partial charge on any atom is 0.191 e. The second-order valence-corrected chi connectivity index (χ2v) is 6.42. The van der Waals surface area contributed by atoms with E-state index in [1.54, 1.807) is 7.11 Å². The average Bonchev–Trinajstić information content (AvgIpc) is 2.61. The van der Waals surface area contributed by atoms with E-state index >= 15 is 0 Å². The topological polar surface area (TPSA) is 58.1 Å².